The summed E-state index contributed by atoms with van der Waals surface area (Å²) in [5.74, 6) is 0.517. The molecule has 0 radical (unpaired) electrons. The average molecular weight is 420 g/mol. The van der Waals surface area contributed by atoms with Gasteiger partial charge >= 0.3 is 0 Å². The summed E-state index contributed by atoms with van der Waals surface area (Å²) < 4.78 is 32.1. The second-order valence-corrected chi connectivity index (χ2v) is 8.98. The number of benzene rings is 2. The molecular formula is C21H29N3O4S. The van der Waals surface area contributed by atoms with E-state index in [1.165, 1.54) is 24.3 Å². The quantitative estimate of drug-likeness (QED) is 0.652. The van der Waals surface area contributed by atoms with Crippen molar-refractivity contribution in [2.75, 3.05) is 27.7 Å². The lowest BCUT2D eigenvalue weighted by Crippen LogP contribution is -2.34. The Morgan fingerprint density at radius 1 is 1.03 bits per heavy atom. The summed E-state index contributed by atoms with van der Waals surface area (Å²) in [5.41, 5.74) is 1.46. The minimum Gasteiger partial charge on any atom is -0.497 e. The minimum absolute atomic E-state index is 0.0141. The summed E-state index contributed by atoms with van der Waals surface area (Å²) in [7, 11) is 1.93. The van der Waals surface area contributed by atoms with Crippen LogP contribution >= 0.6 is 0 Å². The molecule has 0 saturated carbocycles. The van der Waals surface area contributed by atoms with Gasteiger partial charge in [-0.2, -0.15) is 0 Å². The highest BCUT2D eigenvalue weighted by molar-refractivity contribution is 7.89. The van der Waals surface area contributed by atoms with Crippen molar-refractivity contribution in [3.63, 3.8) is 0 Å². The Morgan fingerprint density at radius 3 is 2.10 bits per heavy atom. The lowest BCUT2D eigenvalue weighted by atomic mass is 10.1. The zero-order chi connectivity index (χ0) is 21.6. The van der Waals surface area contributed by atoms with Gasteiger partial charge in [0.15, 0.2) is 0 Å². The molecule has 1 atom stereocenters. The number of nitrogens with one attached hydrogen (secondary N) is 2. The van der Waals surface area contributed by atoms with Gasteiger partial charge in [-0.3, -0.25) is 4.79 Å². The number of amides is 1. The summed E-state index contributed by atoms with van der Waals surface area (Å²) in [4.78, 5) is 14.7. The van der Waals surface area contributed by atoms with Gasteiger partial charge in [-0.25, -0.2) is 13.1 Å². The predicted molar refractivity (Wildman–Crippen MR) is 114 cm³/mol. The molecule has 7 nitrogen and oxygen atoms in total. The molecule has 0 aliphatic carbocycles. The number of carbonyl (C=O) groups excluding carboxylic acids is 1. The Morgan fingerprint density at radius 2 is 1.62 bits per heavy atom. The van der Waals surface area contributed by atoms with E-state index in [-0.39, 0.29) is 22.9 Å². The van der Waals surface area contributed by atoms with Gasteiger partial charge < -0.3 is 15.0 Å². The summed E-state index contributed by atoms with van der Waals surface area (Å²) in [6, 6.07) is 13.4. The fourth-order valence-corrected chi connectivity index (χ4v) is 4.13. The van der Waals surface area contributed by atoms with Crippen LogP contribution in [0.4, 0.5) is 0 Å². The first-order valence-corrected chi connectivity index (χ1v) is 10.8. The molecule has 0 saturated heterocycles. The maximum atomic E-state index is 12.5. The van der Waals surface area contributed by atoms with Crippen molar-refractivity contribution in [3.8, 4) is 5.75 Å². The molecule has 0 spiro atoms. The third kappa shape index (κ3) is 6.28. The zero-order valence-electron chi connectivity index (χ0n) is 17.5. The Hall–Kier alpha value is -2.42. The van der Waals surface area contributed by atoms with Gasteiger partial charge in [-0.05, 0) is 69.9 Å². The maximum Gasteiger partial charge on any atom is 0.251 e. The molecule has 2 aromatic carbocycles. The summed E-state index contributed by atoms with van der Waals surface area (Å²) in [6.45, 7) is 3.92. The van der Waals surface area contributed by atoms with E-state index in [1.54, 1.807) is 21.0 Å². The van der Waals surface area contributed by atoms with Crippen molar-refractivity contribution in [1.29, 1.82) is 0 Å². The molecule has 2 N–H and O–H groups in total. The number of hydrogen-bond acceptors (Lipinski definition) is 5. The van der Waals surface area contributed by atoms with Crippen molar-refractivity contribution in [3.05, 3.63) is 59.7 Å². The molecule has 0 aromatic heterocycles. The number of hydrogen-bond donors (Lipinski definition) is 2. The van der Waals surface area contributed by atoms with Crippen LogP contribution in [0.1, 0.15) is 35.8 Å². The molecule has 0 aliphatic rings. The summed E-state index contributed by atoms with van der Waals surface area (Å²) >= 11 is 0. The van der Waals surface area contributed by atoms with Gasteiger partial charge in [0.05, 0.1) is 18.0 Å². The first kappa shape index (κ1) is 22.9. The molecule has 0 aliphatic heterocycles. The van der Waals surface area contributed by atoms with E-state index in [4.69, 9.17) is 4.74 Å². The molecule has 29 heavy (non-hydrogen) atoms. The largest absolute Gasteiger partial charge is 0.497 e. The Balaban J connectivity index is 2.06. The SMILES string of the molecule is COc1ccc(C(CNC(=O)c2ccc(S(=O)(=O)NC(C)C)cc2)N(C)C)cc1. The van der Waals surface area contributed by atoms with Crippen molar-refractivity contribution in [1.82, 2.24) is 14.9 Å². The normalized spacial score (nSPS) is 12.8. The molecule has 1 amide bonds. The van der Waals surface area contributed by atoms with E-state index < -0.39 is 10.0 Å². The van der Waals surface area contributed by atoms with Crippen LogP contribution in [-0.4, -0.2) is 53.0 Å². The highest BCUT2D eigenvalue weighted by Gasteiger charge is 2.18. The van der Waals surface area contributed by atoms with E-state index in [0.29, 0.717) is 12.1 Å². The van der Waals surface area contributed by atoms with Crippen LogP contribution in [0.15, 0.2) is 53.4 Å². The monoisotopic (exact) mass is 419 g/mol. The third-order valence-electron chi connectivity index (χ3n) is 4.40. The number of carbonyl (C=O) groups is 1. The minimum atomic E-state index is -3.58. The van der Waals surface area contributed by atoms with Gasteiger partial charge in [0.1, 0.15) is 5.75 Å². The van der Waals surface area contributed by atoms with Crippen LogP contribution in [-0.2, 0) is 10.0 Å². The standard InChI is InChI=1S/C21H29N3O4S/c1-15(2)23-29(26,27)19-12-8-17(9-13-19)21(25)22-14-20(24(3)4)16-6-10-18(28-5)11-7-16/h6-13,15,20,23H,14H2,1-5H3,(H,22,25). The van der Waals surface area contributed by atoms with Crippen LogP contribution in [0.3, 0.4) is 0 Å². The Labute approximate surface area is 173 Å². The van der Waals surface area contributed by atoms with E-state index >= 15 is 0 Å². The fraction of sp³-hybridized carbons (Fsp3) is 0.381. The van der Waals surface area contributed by atoms with Crippen LogP contribution in [0, 0.1) is 0 Å². The number of likely N-dealkylation sites (N-methyl/N-ethyl adjacent to an activating group) is 1. The van der Waals surface area contributed by atoms with Crippen molar-refractivity contribution < 1.29 is 17.9 Å². The Bertz CT molecular complexity index is 908. The summed E-state index contributed by atoms with van der Waals surface area (Å²) in [6.07, 6.45) is 0. The molecular weight excluding hydrogens is 390 g/mol. The molecule has 2 rings (SSSR count). The second kappa shape index (κ2) is 9.87. The predicted octanol–water partition coefficient (Wildman–Crippen LogP) is 2.41. The van der Waals surface area contributed by atoms with Gasteiger partial charge in [0.25, 0.3) is 5.91 Å². The van der Waals surface area contributed by atoms with Crippen LogP contribution in [0.5, 0.6) is 5.75 Å². The maximum absolute atomic E-state index is 12.5. The fourth-order valence-electron chi connectivity index (χ4n) is 2.88. The van der Waals surface area contributed by atoms with Crippen molar-refractivity contribution in [2.24, 2.45) is 0 Å². The molecule has 0 fully saturated rings. The molecule has 8 heteroatoms. The smallest absolute Gasteiger partial charge is 0.251 e. The van der Waals surface area contributed by atoms with Crippen molar-refractivity contribution >= 4 is 15.9 Å². The molecule has 1 unspecified atom stereocenters. The number of ether oxygens (including phenoxy) is 1. The van der Waals surface area contributed by atoms with E-state index in [0.717, 1.165) is 11.3 Å². The van der Waals surface area contributed by atoms with Gasteiger partial charge in [-0.15, -0.1) is 0 Å². The van der Waals surface area contributed by atoms with Gasteiger partial charge in [0, 0.05) is 18.2 Å². The second-order valence-electron chi connectivity index (χ2n) is 7.26. The highest BCUT2D eigenvalue weighted by atomic mass is 32.2. The lowest BCUT2D eigenvalue weighted by Gasteiger charge is -2.25. The first-order valence-electron chi connectivity index (χ1n) is 9.35. The topological polar surface area (TPSA) is 87.7 Å². The van der Waals surface area contributed by atoms with Crippen molar-refractivity contribution in [2.45, 2.75) is 30.8 Å². The van der Waals surface area contributed by atoms with Crippen LogP contribution < -0.4 is 14.8 Å². The molecule has 0 bridgehead atoms. The number of methoxy groups -OCH3 is 1. The van der Waals surface area contributed by atoms with E-state index in [9.17, 15) is 13.2 Å². The van der Waals surface area contributed by atoms with Crippen LogP contribution in [0.25, 0.3) is 0 Å². The van der Waals surface area contributed by atoms with E-state index in [2.05, 4.69) is 10.0 Å². The Kier molecular flexibility index (Phi) is 7.78. The number of rotatable bonds is 9. The summed E-state index contributed by atoms with van der Waals surface area (Å²) in [5, 5.41) is 2.92. The van der Waals surface area contributed by atoms with E-state index in [1.807, 2.05) is 43.3 Å². The number of sulfonamides is 1. The first-order chi connectivity index (χ1) is 13.6. The van der Waals surface area contributed by atoms with Crippen LogP contribution in [0.2, 0.25) is 0 Å². The molecule has 2 aromatic rings. The van der Waals surface area contributed by atoms with Gasteiger partial charge in [0.2, 0.25) is 10.0 Å². The highest BCUT2D eigenvalue weighted by Crippen LogP contribution is 2.21. The molecule has 158 valence electrons. The lowest BCUT2D eigenvalue weighted by molar-refractivity contribution is 0.0942. The number of nitrogens with zero attached hydrogens (tertiary/aromatic N) is 1. The average Bonchev–Trinajstić information content (AvgIpc) is 2.67. The third-order valence-corrected chi connectivity index (χ3v) is 6.07. The molecule has 0 heterocycles. The zero-order valence-corrected chi connectivity index (χ0v) is 18.3. The van der Waals surface area contributed by atoms with Gasteiger partial charge in [-0.1, -0.05) is 12.1 Å².